The summed E-state index contributed by atoms with van der Waals surface area (Å²) in [5.74, 6) is 0.764. The number of aromatic nitrogens is 2. The number of nitro benzene ring substituents is 1. The number of hydrogen-bond acceptors (Lipinski definition) is 6. The number of piperazine rings is 1. The van der Waals surface area contributed by atoms with Crippen molar-refractivity contribution in [1.29, 1.82) is 0 Å². The maximum Gasteiger partial charge on any atom is 0.269 e. The van der Waals surface area contributed by atoms with Gasteiger partial charge in [-0.1, -0.05) is 12.8 Å². The molecule has 2 fully saturated rings. The minimum absolute atomic E-state index is 0.0199. The summed E-state index contributed by atoms with van der Waals surface area (Å²) in [6.45, 7) is 3.46. The first-order valence-electron chi connectivity index (χ1n) is 10.2. The van der Waals surface area contributed by atoms with Crippen LogP contribution in [0.15, 0.2) is 36.5 Å². The molecule has 0 radical (unpaired) electrons. The van der Waals surface area contributed by atoms with E-state index in [4.69, 9.17) is 0 Å². The van der Waals surface area contributed by atoms with E-state index in [2.05, 4.69) is 20.2 Å². The molecule has 2 heterocycles. The lowest BCUT2D eigenvalue weighted by Crippen LogP contribution is -2.48. The normalized spacial score (nSPS) is 18.1. The Kier molecular flexibility index (Phi) is 5.75. The third-order valence-electron chi connectivity index (χ3n) is 5.77. The molecular weight excluding hydrogens is 372 g/mol. The quantitative estimate of drug-likeness (QED) is 0.594. The Labute approximate surface area is 169 Å². The number of nitrogens with zero attached hydrogens (tertiary/aromatic N) is 5. The Morgan fingerprint density at radius 1 is 1.10 bits per heavy atom. The molecule has 1 N–H and O–H groups in total. The van der Waals surface area contributed by atoms with Gasteiger partial charge in [-0.25, -0.2) is 4.68 Å². The van der Waals surface area contributed by atoms with Crippen LogP contribution in [0.2, 0.25) is 0 Å². The molecule has 0 atom stereocenters. The Bertz CT molecular complexity index is 851. The standard InChI is InChI=1S/C20H26N6O3/c27-20(22-19-9-10-21-25(19)17-3-1-2-4-17)15-23-11-13-24(14-12-23)16-5-7-18(8-6-16)26(28)29/h5-10,17H,1-4,11-15H2,(H,22,27). The molecule has 0 spiro atoms. The van der Waals surface area contributed by atoms with Gasteiger partial charge >= 0.3 is 0 Å². The zero-order chi connectivity index (χ0) is 20.2. The molecule has 2 aliphatic rings. The van der Waals surface area contributed by atoms with Crippen molar-refractivity contribution < 1.29 is 9.72 Å². The van der Waals surface area contributed by atoms with Crippen LogP contribution in [0.5, 0.6) is 0 Å². The first-order chi connectivity index (χ1) is 14.1. The summed E-state index contributed by atoms with van der Waals surface area (Å²) < 4.78 is 1.96. The lowest BCUT2D eigenvalue weighted by molar-refractivity contribution is -0.384. The van der Waals surface area contributed by atoms with Crippen LogP contribution in [0.4, 0.5) is 17.2 Å². The summed E-state index contributed by atoms with van der Waals surface area (Å²) in [6, 6.07) is 8.88. The summed E-state index contributed by atoms with van der Waals surface area (Å²) >= 11 is 0. The second-order valence-electron chi connectivity index (χ2n) is 7.68. The van der Waals surface area contributed by atoms with Gasteiger partial charge in [-0.15, -0.1) is 0 Å². The van der Waals surface area contributed by atoms with E-state index in [1.165, 1.54) is 25.0 Å². The minimum Gasteiger partial charge on any atom is -0.369 e. The summed E-state index contributed by atoms with van der Waals surface area (Å²) in [5.41, 5.74) is 1.07. The van der Waals surface area contributed by atoms with E-state index >= 15 is 0 Å². The van der Waals surface area contributed by atoms with Crippen LogP contribution in [0.3, 0.4) is 0 Å². The number of anilines is 2. The van der Waals surface area contributed by atoms with Crippen molar-refractivity contribution in [2.75, 3.05) is 42.9 Å². The molecule has 2 aromatic rings. The van der Waals surface area contributed by atoms with Crippen molar-refractivity contribution in [2.45, 2.75) is 31.7 Å². The highest BCUT2D eigenvalue weighted by atomic mass is 16.6. The highest BCUT2D eigenvalue weighted by Crippen LogP contribution is 2.31. The molecule has 1 saturated heterocycles. The third-order valence-corrected chi connectivity index (χ3v) is 5.77. The van der Waals surface area contributed by atoms with Crippen LogP contribution >= 0.6 is 0 Å². The number of nitrogens with one attached hydrogen (secondary N) is 1. The number of hydrogen-bond donors (Lipinski definition) is 1. The number of benzene rings is 1. The zero-order valence-corrected chi connectivity index (χ0v) is 16.4. The summed E-state index contributed by atoms with van der Waals surface area (Å²) in [4.78, 5) is 27.2. The number of non-ortho nitro benzene ring substituents is 1. The topological polar surface area (TPSA) is 96.5 Å². The fourth-order valence-electron chi connectivity index (χ4n) is 4.19. The molecule has 9 heteroatoms. The number of amides is 1. The Morgan fingerprint density at radius 2 is 1.79 bits per heavy atom. The van der Waals surface area contributed by atoms with Gasteiger partial charge in [-0.2, -0.15) is 5.10 Å². The molecule has 29 heavy (non-hydrogen) atoms. The molecule has 9 nitrogen and oxygen atoms in total. The molecule has 1 aliphatic carbocycles. The van der Waals surface area contributed by atoms with Crippen LogP contribution in [-0.2, 0) is 4.79 Å². The fourth-order valence-corrected chi connectivity index (χ4v) is 4.19. The van der Waals surface area contributed by atoms with Gasteiger partial charge in [0.2, 0.25) is 5.91 Å². The summed E-state index contributed by atoms with van der Waals surface area (Å²) in [6.07, 6.45) is 6.43. The van der Waals surface area contributed by atoms with Crippen molar-refractivity contribution in [3.8, 4) is 0 Å². The predicted molar refractivity (Wildman–Crippen MR) is 110 cm³/mol. The van der Waals surface area contributed by atoms with Crippen LogP contribution in [-0.4, -0.2) is 58.2 Å². The molecule has 1 amide bonds. The first kappa shape index (κ1) is 19.4. The second-order valence-corrected chi connectivity index (χ2v) is 7.68. The molecule has 1 saturated carbocycles. The van der Waals surface area contributed by atoms with Gasteiger partial charge in [-0.3, -0.25) is 19.8 Å². The smallest absolute Gasteiger partial charge is 0.269 e. The average molecular weight is 398 g/mol. The van der Waals surface area contributed by atoms with Crippen LogP contribution in [0.1, 0.15) is 31.7 Å². The van der Waals surface area contributed by atoms with Gasteiger partial charge in [0.25, 0.3) is 5.69 Å². The maximum atomic E-state index is 12.5. The molecular formula is C20H26N6O3. The largest absolute Gasteiger partial charge is 0.369 e. The van der Waals surface area contributed by atoms with E-state index in [-0.39, 0.29) is 16.5 Å². The lowest BCUT2D eigenvalue weighted by atomic mass is 10.2. The van der Waals surface area contributed by atoms with Crippen molar-refractivity contribution in [3.05, 3.63) is 46.6 Å². The predicted octanol–water partition coefficient (Wildman–Crippen LogP) is 2.67. The minimum atomic E-state index is -0.390. The van der Waals surface area contributed by atoms with Gasteiger partial charge in [0.05, 0.1) is 23.7 Å². The van der Waals surface area contributed by atoms with E-state index in [0.717, 1.165) is 50.5 Å². The Morgan fingerprint density at radius 3 is 2.45 bits per heavy atom. The Balaban J connectivity index is 1.27. The highest BCUT2D eigenvalue weighted by Gasteiger charge is 2.23. The molecule has 1 aromatic heterocycles. The lowest BCUT2D eigenvalue weighted by Gasteiger charge is -2.35. The van der Waals surface area contributed by atoms with E-state index < -0.39 is 0 Å². The van der Waals surface area contributed by atoms with E-state index in [1.54, 1.807) is 18.3 Å². The monoisotopic (exact) mass is 398 g/mol. The fraction of sp³-hybridized carbons (Fsp3) is 0.500. The second kappa shape index (κ2) is 8.60. The maximum absolute atomic E-state index is 12.5. The van der Waals surface area contributed by atoms with Crippen molar-refractivity contribution >= 4 is 23.1 Å². The van der Waals surface area contributed by atoms with Gasteiger partial charge in [-0.05, 0) is 25.0 Å². The number of rotatable bonds is 6. The molecule has 0 bridgehead atoms. The SMILES string of the molecule is O=C(CN1CCN(c2ccc([N+](=O)[O-])cc2)CC1)Nc1ccnn1C1CCCC1. The van der Waals surface area contributed by atoms with E-state index in [9.17, 15) is 14.9 Å². The van der Waals surface area contributed by atoms with E-state index in [1.807, 2.05) is 10.7 Å². The average Bonchev–Trinajstić information content (AvgIpc) is 3.40. The van der Waals surface area contributed by atoms with Crippen LogP contribution in [0, 0.1) is 10.1 Å². The molecule has 0 unspecified atom stereocenters. The molecule has 4 rings (SSSR count). The number of carbonyl (C=O) groups is 1. The van der Waals surface area contributed by atoms with Crippen molar-refractivity contribution in [1.82, 2.24) is 14.7 Å². The van der Waals surface area contributed by atoms with Crippen LogP contribution < -0.4 is 10.2 Å². The van der Waals surface area contributed by atoms with Gasteiger partial charge in [0, 0.05) is 50.1 Å². The highest BCUT2D eigenvalue weighted by molar-refractivity contribution is 5.91. The van der Waals surface area contributed by atoms with Crippen LogP contribution in [0.25, 0.3) is 0 Å². The van der Waals surface area contributed by atoms with Crippen molar-refractivity contribution in [2.24, 2.45) is 0 Å². The number of nitro groups is 1. The van der Waals surface area contributed by atoms with Gasteiger partial charge in [0.15, 0.2) is 0 Å². The van der Waals surface area contributed by atoms with E-state index in [0.29, 0.717) is 12.6 Å². The molecule has 1 aromatic carbocycles. The van der Waals surface area contributed by atoms with Gasteiger partial charge < -0.3 is 10.2 Å². The summed E-state index contributed by atoms with van der Waals surface area (Å²) in [7, 11) is 0. The molecule has 1 aliphatic heterocycles. The number of carbonyl (C=O) groups excluding carboxylic acids is 1. The first-order valence-corrected chi connectivity index (χ1v) is 10.2. The zero-order valence-electron chi connectivity index (χ0n) is 16.4. The summed E-state index contributed by atoms with van der Waals surface area (Å²) in [5, 5.41) is 18.2. The third kappa shape index (κ3) is 4.56. The molecule has 154 valence electrons. The van der Waals surface area contributed by atoms with Gasteiger partial charge in [0.1, 0.15) is 5.82 Å². The Hall–Kier alpha value is -2.94. The van der Waals surface area contributed by atoms with Crippen molar-refractivity contribution in [3.63, 3.8) is 0 Å².